The van der Waals surface area contributed by atoms with Crippen LogP contribution >= 0.6 is 11.3 Å². The lowest BCUT2D eigenvalue weighted by atomic mass is 10.3. The highest BCUT2D eigenvalue weighted by Gasteiger charge is 2.17. The Morgan fingerprint density at radius 3 is 2.64 bits per heavy atom. The van der Waals surface area contributed by atoms with E-state index in [0.29, 0.717) is 6.54 Å². The Morgan fingerprint density at radius 1 is 1.24 bits per heavy atom. The van der Waals surface area contributed by atoms with Gasteiger partial charge in [-0.1, -0.05) is 32.0 Å². The predicted octanol–water partition coefficient (Wildman–Crippen LogP) is 3.47. The first-order chi connectivity index (χ1) is 12.1. The summed E-state index contributed by atoms with van der Waals surface area (Å²) < 4.78 is 1.92. The first kappa shape index (κ1) is 17.6. The minimum atomic E-state index is -0.00707. The molecule has 0 unspecified atom stereocenters. The first-order valence-electron chi connectivity index (χ1n) is 8.69. The lowest BCUT2D eigenvalue weighted by molar-refractivity contribution is 0.0953. The van der Waals surface area contributed by atoms with Crippen LogP contribution in [-0.4, -0.2) is 46.8 Å². The maximum Gasteiger partial charge on any atom is 0.261 e. The second-order valence-electron chi connectivity index (χ2n) is 5.95. The van der Waals surface area contributed by atoms with E-state index in [2.05, 4.69) is 29.2 Å². The number of carbonyl (C=O) groups excluding carboxylic acids is 1. The number of likely N-dealkylation sites (N-methyl/N-ethyl adjacent to an activating group) is 1. The summed E-state index contributed by atoms with van der Waals surface area (Å²) in [6.45, 7) is 9.79. The molecule has 2 aromatic heterocycles. The molecule has 0 saturated carbocycles. The minimum Gasteiger partial charge on any atom is -0.350 e. The molecule has 0 fully saturated rings. The fraction of sp³-hybridized carbons (Fsp3) is 0.368. The molecular formula is C19H24N4OS. The maximum absolute atomic E-state index is 12.5. The highest BCUT2D eigenvalue weighted by atomic mass is 32.1. The van der Waals surface area contributed by atoms with Crippen LogP contribution < -0.4 is 5.32 Å². The quantitative estimate of drug-likeness (QED) is 0.705. The van der Waals surface area contributed by atoms with Gasteiger partial charge in [0, 0.05) is 18.5 Å². The monoisotopic (exact) mass is 356 g/mol. The van der Waals surface area contributed by atoms with Gasteiger partial charge in [-0.25, -0.2) is 4.68 Å². The van der Waals surface area contributed by atoms with Crippen LogP contribution in [0.25, 0.3) is 15.9 Å². The van der Waals surface area contributed by atoms with Crippen molar-refractivity contribution in [2.24, 2.45) is 0 Å². The van der Waals surface area contributed by atoms with Crippen LogP contribution in [0.3, 0.4) is 0 Å². The number of nitrogens with one attached hydrogen (secondary N) is 1. The van der Waals surface area contributed by atoms with Crippen LogP contribution in [0.15, 0.2) is 36.4 Å². The average molecular weight is 356 g/mol. The number of aromatic nitrogens is 2. The second kappa shape index (κ2) is 7.80. The molecule has 132 valence electrons. The number of thiophene rings is 1. The molecule has 5 nitrogen and oxygen atoms in total. The number of para-hydroxylation sites is 1. The minimum absolute atomic E-state index is 0.00707. The Bertz CT molecular complexity index is 849. The number of aryl methyl sites for hydroxylation is 1. The number of rotatable bonds is 7. The van der Waals surface area contributed by atoms with Gasteiger partial charge in [0.05, 0.1) is 16.3 Å². The number of hydrogen-bond acceptors (Lipinski definition) is 4. The van der Waals surface area contributed by atoms with Crippen molar-refractivity contribution in [3.8, 4) is 5.69 Å². The first-order valence-corrected chi connectivity index (χ1v) is 9.50. The Labute approximate surface area is 152 Å². The molecule has 3 aromatic rings. The van der Waals surface area contributed by atoms with E-state index in [1.54, 1.807) is 0 Å². The fourth-order valence-electron chi connectivity index (χ4n) is 2.86. The van der Waals surface area contributed by atoms with Crippen molar-refractivity contribution < 1.29 is 4.79 Å². The molecule has 25 heavy (non-hydrogen) atoms. The number of amides is 1. The molecule has 0 aliphatic heterocycles. The maximum atomic E-state index is 12.5. The molecule has 2 heterocycles. The molecule has 6 heteroatoms. The highest BCUT2D eigenvalue weighted by molar-refractivity contribution is 7.20. The van der Waals surface area contributed by atoms with Crippen LogP contribution in [-0.2, 0) is 0 Å². The van der Waals surface area contributed by atoms with E-state index < -0.39 is 0 Å². The van der Waals surface area contributed by atoms with Gasteiger partial charge in [-0.2, -0.15) is 5.10 Å². The van der Waals surface area contributed by atoms with E-state index in [4.69, 9.17) is 0 Å². The summed E-state index contributed by atoms with van der Waals surface area (Å²) in [5.41, 5.74) is 1.95. The van der Waals surface area contributed by atoms with Gasteiger partial charge >= 0.3 is 0 Å². The molecule has 0 atom stereocenters. The van der Waals surface area contributed by atoms with Crippen molar-refractivity contribution in [2.75, 3.05) is 26.2 Å². The lowest BCUT2D eigenvalue weighted by Crippen LogP contribution is -2.34. The van der Waals surface area contributed by atoms with E-state index in [9.17, 15) is 4.79 Å². The van der Waals surface area contributed by atoms with Crippen LogP contribution in [0.4, 0.5) is 0 Å². The lowest BCUT2D eigenvalue weighted by Gasteiger charge is -2.17. The molecule has 1 N–H and O–H groups in total. The Kier molecular flexibility index (Phi) is 5.50. The van der Waals surface area contributed by atoms with Gasteiger partial charge in [0.15, 0.2) is 0 Å². The molecule has 1 aromatic carbocycles. The summed E-state index contributed by atoms with van der Waals surface area (Å²) >= 11 is 1.49. The van der Waals surface area contributed by atoms with E-state index in [-0.39, 0.29) is 5.91 Å². The van der Waals surface area contributed by atoms with Gasteiger partial charge in [0.25, 0.3) is 5.91 Å². The second-order valence-corrected chi connectivity index (χ2v) is 6.98. The van der Waals surface area contributed by atoms with Gasteiger partial charge in [-0.3, -0.25) is 4.79 Å². The van der Waals surface area contributed by atoms with Gasteiger partial charge in [-0.15, -0.1) is 11.3 Å². The molecule has 0 aliphatic rings. The van der Waals surface area contributed by atoms with E-state index >= 15 is 0 Å². The summed E-state index contributed by atoms with van der Waals surface area (Å²) in [7, 11) is 0. The average Bonchev–Trinajstić information content (AvgIpc) is 3.20. The SMILES string of the molecule is CCN(CC)CCNC(=O)c1cc2c(C)nn(-c3ccccc3)c2s1. The van der Waals surface area contributed by atoms with Crippen molar-refractivity contribution in [1.29, 1.82) is 0 Å². The molecule has 0 saturated heterocycles. The van der Waals surface area contributed by atoms with Gasteiger partial charge in [-0.05, 0) is 38.2 Å². The van der Waals surface area contributed by atoms with Gasteiger partial charge in [0.1, 0.15) is 4.83 Å². The van der Waals surface area contributed by atoms with Gasteiger partial charge < -0.3 is 10.2 Å². The van der Waals surface area contributed by atoms with Crippen LogP contribution in [0.1, 0.15) is 29.2 Å². The molecule has 0 bridgehead atoms. The van der Waals surface area contributed by atoms with Crippen LogP contribution in [0.2, 0.25) is 0 Å². The third-order valence-corrected chi connectivity index (χ3v) is 5.49. The van der Waals surface area contributed by atoms with Crippen molar-refractivity contribution in [1.82, 2.24) is 20.0 Å². The topological polar surface area (TPSA) is 50.2 Å². The zero-order valence-corrected chi connectivity index (χ0v) is 15.8. The van der Waals surface area contributed by atoms with E-state index in [0.717, 1.165) is 46.1 Å². The summed E-state index contributed by atoms with van der Waals surface area (Å²) in [6, 6.07) is 12.0. The Morgan fingerprint density at radius 2 is 1.96 bits per heavy atom. The number of benzene rings is 1. The van der Waals surface area contributed by atoms with Gasteiger partial charge in [0.2, 0.25) is 0 Å². The Balaban J connectivity index is 1.78. The standard InChI is InChI=1S/C19H24N4OS/c1-4-22(5-2)12-11-20-18(24)17-13-16-14(3)21-23(19(16)25-17)15-9-7-6-8-10-15/h6-10,13H,4-5,11-12H2,1-3H3,(H,20,24). The zero-order chi connectivity index (χ0) is 17.8. The van der Waals surface area contributed by atoms with Crippen molar-refractivity contribution >= 4 is 27.5 Å². The third kappa shape index (κ3) is 3.75. The van der Waals surface area contributed by atoms with E-state index in [1.807, 2.05) is 48.0 Å². The predicted molar refractivity (Wildman–Crippen MR) is 104 cm³/mol. The molecular weight excluding hydrogens is 332 g/mol. The molecule has 0 spiro atoms. The van der Waals surface area contributed by atoms with Crippen molar-refractivity contribution in [3.63, 3.8) is 0 Å². The van der Waals surface area contributed by atoms with E-state index in [1.165, 1.54) is 11.3 Å². The van der Waals surface area contributed by atoms with Crippen LogP contribution in [0, 0.1) is 6.92 Å². The highest BCUT2D eigenvalue weighted by Crippen LogP contribution is 2.30. The number of hydrogen-bond donors (Lipinski definition) is 1. The summed E-state index contributed by atoms with van der Waals surface area (Å²) in [5, 5.41) is 8.69. The molecule has 3 rings (SSSR count). The smallest absolute Gasteiger partial charge is 0.261 e. The molecule has 0 radical (unpaired) electrons. The fourth-order valence-corrected chi connectivity index (χ4v) is 3.96. The molecule has 0 aliphatic carbocycles. The van der Waals surface area contributed by atoms with Crippen molar-refractivity contribution in [2.45, 2.75) is 20.8 Å². The van der Waals surface area contributed by atoms with Crippen LogP contribution in [0.5, 0.6) is 0 Å². The van der Waals surface area contributed by atoms with Crippen molar-refractivity contribution in [3.05, 3.63) is 47.0 Å². The summed E-state index contributed by atoms with van der Waals surface area (Å²) in [4.78, 5) is 16.5. The zero-order valence-electron chi connectivity index (χ0n) is 15.0. The number of fused-ring (bicyclic) bond motifs is 1. The summed E-state index contributed by atoms with van der Waals surface area (Å²) in [5.74, 6) is -0.00707. The number of nitrogens with zero attached hydrogens (tertiary/aromatic N) is 3. The largest absolute Gasteiger partial charge is 0.350 e. The summed E-state index contributed by atoms with van der Waals surface area (Å²) in [6.07, 6.45) is 0. The number of carbonyl (C=O) groups is 1. The molecule has 1 amide bonds. The third-order valence-electron chi connectivity index (χ3n) is 4.38. The normalized spacial score (nSPS) is 11.4. The Hall–Kier alpha value is -2.18.